The Hall–Kier alpha value is -2.38. The first-order valence-electron chi connectivity index (χ1n) is 9.74. The van der Waals surface area contributed by atoms with Gasteiger partial charge in [-0.25, -0.2) is 8.42 Å². The average Bonchev–Trinajstić information content (AvgIpc) is 2.75. The lowest BCUT2D eigenvalue weighted by atomic mass is 9.98. The smallest absolute Gasteiger partial charge is 0.238 e. The lowest BCUT2D eigenvalue weighted by Crippen LogP contribution is -2.42. The minimum absolute atomic E-state index is 0.135. The molecule has 156 valence electrons. The van der Waals surface area contributed by atoms with Crippen molar-refractivity contribution in [2.75, 3.05) is 32.6 Å². The van der Waals surface area contributed by atoms with Gasteiger partial charge in [0.05, 0.1) is 18.6 Å². The van der Waals surface area contributed by atoms with E-state index in [9.17, 15) is 13.2 Å². The summed E-state index contributed by atoms with van der Waals surface area (Å²) in [5.41, 5.74) is 1.14. The first-order valence-corrected chi connectivity index (χ1v) is 11.4. The van der Waals surface area contributed by atoms with E-state index in [0.29, 0.717) is 38.0 Å². The number of hydrogen-bond acceptors (Lipinski definition) is 5. The predicted octanol–water partition coefficient (Wildman–Crippen LogP) is 2.92. The highest BCUT2D eigenvalue weighted by atomic mass is 32.2. The molecule has 0 spiro atoms. The van der Waals surface area contributed by atoms with Crippen molar-refractivity contribution in [2.24, 2.45) is 5.92 Å². The maximum atomic E-state index is 12.5. The van der Waals surface area contributed by atoms with Crippen molar-refractivity contribution in [3.63, 3.8) is 0 Å². The van der Waals surface area contributed by atoms with Gasteiger partial charge in [0, 0.05) is 19.7 Å². The summed E-state index contributed by atoms with van der Waals surface area (Å²) >= 11 is 0. The monoisotopic (exact) mass is 417 g/mol. The third kappa shape index (κ3) is 6.05. The minimum atomic E-state index is -3.66. The fraction of sp³-hybridized carbons (Fsp3) is 0.409. The Balaban J connectivity index is 1.44. The summed E-state index contributed by atoms with van der Waals surface area (Å²) in [7, 11) is -2.15. The molecule has 0 atom stereocenters. The minimum Gasteiger partial charge on any atom is -0.497 e. The zero-order valence-electron chi connectivity index (χ0n) is 16.6. The van der Waals surface area contributed by atoms with Gasteiger partial charge in [-0.3, -0.25) is 4.79 Å². The van der Waals surface area contributed by atoms with Gasteiger partial charge in [-0.2, -0.15) is 0 Å². The van der Waals surface area contributed by atoms with Crippen molar-refractivity contribution >= 4 is 15.7 Å². The molecule has 29 heavy (non-hydrogen) atoms. The summed E-state index contributed by atoms with van der Waals surface area (Å²) < 4.78 is 35.9. The number of methoxy groups -OCH3 is 1. The molecule has 1 aliphatic heterocycles. The lowest BCUT2D eigenvalue weighted by molar-refractivity contribution is -0.130. The summed E-state index contributed by atoms with van der Waals surface area (Å²) in [5, 5.41) is 0. The lowest BCUT2D eigenvalue weighted by Gasteiger charge is -2.31. The largest absolute Gasteiger partial charge is 0.497 e. The molecule has 0 aromatic heterocycles. The number of ether oxygens (including phenoxy) is 2. The topological polar surface area (TPSA) is 72.9 Å². The van der Waals surface area contributed by atoms with Crippen molar-refractivity contribution in [2.45, 2.75) is 24.3 Å². The van der Waals surface area contributed by atoms with Crippen LogP contribution in [0.15, 0.2) is 59.5 Å². The molecule has 1 aliphatic rings. The van der Waals surface area contributed by atoms with Gasteiger partial charge in [0.25, 0.3) is 0 Å². The molecule has 0 saturated carbocycles. The van der Waals surface area contributed by atoms with Gasteiger partial charge in [0.15, 0.2) is 9.84 Å². The van der Waals surface area contributed by atoms with Crippen molar-refractivity contribution in [1.82, 2.24) is 4.90 Å². The van der Waals surface area contributed by atoms with E-state index < -0.39 is 15.6 Å². The molecule has 1 heterocycles. The van der Waals surface area contributed by atoms with E-state index in [1.54, 1.807) is 17.0 Å². The Kier molecular flexibility index (Phi) is 7.28. The molecule has 0 radical (unpaired) electrons. The summed E-state index contributed by atoms with van der Waals surface area (Å²) in [6.45, 7) is 2.37. The molecule has 3 rings (SSSR count). The number of sulfone groups is 1. The molecular weight excluding hydrogens is 390 g/mol. The van der Waals surface area contributed by atoms with Crippen LogP contribution in [0.4, 0.5) is 0 Å². The van der Waals surface area contributed by atoms with Crippen LogP contribution in [0.1, 0.15) is 18.4 Å². The fourth-order valence-electron chi connectivity index (χ4n) is 3.39. The third-order valence-electron chi connectivity index (χ3n) is 5.16. The molecule has 6 nitrogen and oxygen atoms in total. The SMILES string of the molecule is COc1ccc(S(=O)(=O)CC(=O)N2CCC(COCc3ccccc3)CC2)cc1. The van der Waals surface area contributed by atoms with Crippen molar-refractivity contribution in [3.05, 3.63) is 60.2 Å². The van der Waals surface area contributed by atoms with Crippen LogP contribution in [-0.2, 0) is 26.0 Å². The number of nitrogens with zero attached hydrogens (tertiary/aromatic N) is 1. The second-order valence-corrected chi connectivity index (χ2v) is 9.25. The summed E-state index contributed by atoms with van der Waals surface area (Å²) in [6, 6.07) is 16.1. The number of benzene rings is 2. The molecule has 0 bridgehead atoms. The predicted molar refractivity (Wildman–Crippen MR) is 110 cm³/mol. The Labute approximate surface area is 172 Å². The van der Waals surface area contributed by atoms with Crippen LogP contribution >= 0.6 is 0 Å². The number of amides is 1. The number of piperidine rings is 1. The molecule has 0 N–H and O–H groups in total. The van der Waals surface area contributed by atoms with E-state index in [1.807, 2.05) is 30.3 Å². The third-order valence-corrected chi connectivity index (χ3v) is 6.78. The van der Waals surface area contributed by atoms with Crippen LogP contribution in [0.25, 0.3) is 0 Å². The maximum absolute atomic E-state index is 12.5. The van der Waals surface area contributed by atoms with Crippen molar-refractivity contribution < 1.29 is 22.7 Å². The molecule has 1 saturated heterocycles. The van der Waals surface area contributed by atoms with Gasteiger partial charge in [0.1, 0.15) is 11.5 Å². The Bertz CT molecular complexity index is 889. The van der Waals surface area contributed by atoms with Crippen LogP contribution in [0.2, 0.25) is 0 Å². The zero-order chi connectivity index (χ0) is 20.7. The number of carbonyl (C=O) groups excluding carboxylic acids is 1. The second-order valence-electron chi connectivity index (χ2n) is 7.26. The van der Waals surface area contributed by atoms with Gasteiger partial charge in [0.2, 0.25) is 5.91 Å². The van der Waals surface area contributed by atoms with E-state index in [1.165, 1.54) is 19.2 Å². The van der Waals surface area contributed by atoms with E-state index in [2.05, 4.69) is 0 Å². The normalized spacial score (nSPS) is 15.3. The molecule has 1 fully saturated rings. The number of rotatable bonds is 8. The zero-order valence-corrected chi connectivity index (χ0v) is 17.4. The quantitative estimate of drug-likeness (QED) is 0.660. The second kappa shape index (κ2) is 9.89. The van der Waals surface area contributed by atoms with E-state index >= 15 is 0 Å². The summed E-state index contributed by atoms with van der Waals surface area (Å²) in [6.07, 6.45) is 1.65. The van der Waals surface area contributed by atoms with Crippen LogP contribution in [0.3, 0.4) is 0 Å². The molecule has 0 aliphatic carbocycles. The number of hydrogen-bond donors (Lipinski definition) is 0. The van der Waals surface area contributed by atoms with Crippen LogP contribution in [-0.4, -0.2) is 51.8 Å². The van der Waals surface area contributed by atoms with Crippen molar-refractivity contribution in [3.8, 4) is 5.75 Å². The highest BCUT2D eigenvalue weighted by Gasteiger charge is 2.27. The Morgan fingerprint density at radius 1 is 1.03 bits per heavy atom. The molecule has 0 unspecified atom stereocenters. The maximum Gasteiger partial charge on any atom is 0.238 e. The van der Waals surface area contributed by atoms with Crippen LogP contribution in [0.5, 0.6) is 5.75 Å². The molecule has 7 heteroatoms. The molecule has 1 amide bonds. The fourth-order valence-corrected chi connectivity index (χ4v) is 4.61. The number of carbonyl (C=O) groups is 1. The van der Waals surface area contributed by atoms with E-state index in [0.717, 1.165) is 18.4 Å². The first-order chi connectivity index (χ1) is 14.0. The van der Waals surface area contributed by atoms with Gasteiger partial charge < -0.3 is 14.4 Å². The van der Waals surface area contributed by atoms with Gasteiger partial charge in [-0.15, -0.1) is 0 Å². The first kappa shape index (κ1) is 21.3. The molecule has 2 aromatic carbocycles. The highest BCUT2D eigenvalue weighted by molar-refractivity contribution is 7.92. The van der Waals surface area contributed by atoms with Gasteiger partial charge >= 0.3 is 0 Å². The summed E-state index contributed by atoms with van der Waals surface area (Å²) in [5.74, 6) is 0.117. The molecular formula is C22H27NO5S. The van der Waals surface area contributed by atoms with Gasteiger partial charge in [-0.05, 0) is 48.6 Å². The average molecular weight is 418 g/mol. The van der Waals surface area contributed by atoms with E-state index in [-0.39, 0.29) is 10.8 Å². The number of likely N-dealkylation sites (tertiary alicyclic amines) is 1. The Morgan fingerprint density at radius 2 is 1.69 bits per heavy atom. The highest BCUT2D eigenvalue weighted by Crippen LogP contribution is 2.21. The van der Waals surface area contributed by atoms with Crippen LogP contribution < -0.4 is 4.74 Å². The van der Waals surface area contributed by atoms with Crippen molar-refractivity contribution in [1.29, 1.82) is 0 Å². The Morgan fingerprint density at radius 3 is 2.31 bits per heavy atom. The van der Waals surface area contributed by atoms with E-state index in [4.69, 9.17) is 9.47 Å². The standard InChI is InChI=1S/C22H27NO5S/c1-27-20-7-9-21(10-8-20)29(25,26)17-22(24)23-13-11-19(12-14-23)16-28-15-18-5-3-2-4-6-18/h2-10,19H,11-17H2,1H3. The van der Waals surface area contributed by atoms with Crippen LogP contribution in [0, 0.1) is 5.92 Å². The van der Waals surface area contributed by atoms with Gasteiger partial charge in [-0.1, -0.05) is 30.3 Å². The summed E-state index contributed by atoms with van der Waals surface area (Å²) in [4.78, 5) is 14.3. The molecule has 2 aromatic rings.